The second kappa shape index (κ2) is 7.99. The highest BCUT2D eigenvalue weighted by Crippen LogP contribution is 2.47. The van der Waals surface area contributed by atoms with Gasteiger partial charge in [-0.1, -0.05) is 75.4 Å². The first-order chi connectivity index (χ1) is 15.7. The van der Waals surface area contributed by atoms with Crippen molar-refractivity contribution in [2.24, 2.45) is 0 Å². The van der Waals surface area contributed by atoms with Gasteiger partial charge in [-0.05, 0) is 47.5 Å². The molecule has 3 aromatic carbocycles. The van der Waals surface area contributed by atoms with Gasteiger partial charge in [0.2, 0.25) is 6.79 Å². The summed E-state index contributed by atoms with van der Waals surface area (Å²) in [6.07, 6.45) is 0. The summed E-state index contributed by atoms with van der Waals surface area (Å²) in [6, 6.07) is 25.3. The first kappa shape index (κ1) is 21.7. The number of nitrogens with zero attached hydrogens (tertiary/aromatic N) is 1. The fourth-order valence-electron chi connectivity index (χ4n) is 4.03. The monoisotopic (exact) mass is 457 g/mol. The van der Waals surface area contributed by atoms with Crippen LogP contribution < -0.4 is 13.9 Å². The van der Waals surface area contributed by atoms with E-state index in [4.69, 9.17) is 13.9 Å². The number of rotatable bonds is 5. The molecule has 0 fully saturated rings. The van der Waals surface area contributed by atoms with Crippen LogP contribution in [0, 0.1) is 0 Å². The molecule has 1 aromatic heterocycles. The zero-order valence-electron chi connectivity index (χ0n) is 20.0. The molecule has 0 amide bonds. The fraction of sp³-hybridized carbons (Fsp3) is 0.286. The van der Waals surface area contributed by atoms with Gasteiger partial charge in [-0.2, -0.15) is 0 Å². The molecule has 0 aliphatic carbocycles. The Bertz CT molecular complexity index is 1300. The Hall–Kier alpha value is -3.18. The first-order valence-corrected chi connectivity index (χ1v) is 14.4. The van der Waals surface area contributed by atoms with E-state index in [2.05, 4.69) is 105 Å². The van der Waals surface area contributed by atoms with E-state index >= 15 is 0 Å². The second-order valence-electron chi connectivity index (χ2n) is 10.2. The molecule has 5 heteroatoms. The number of hydrogen-bond acceptors (Lipinski definition) is 3. The molecule has 0 unspecified atom stereocenters. The number of benzene rings is 3. The van der Waals surface area contributed by atoms with Gasteiger partial charge in [-0.15, -0.1) is 0 Å². The topological polar surface area (TPSA) is 32.6 Å². The summed E-state index contributed by atoms with van der Waals surface area (Å²) in [5.41, 5.74) is 4.61. The molecule has 0 bridgehead atoms. The molecule has 4 nitrogen and oxygen atoms in total. The molecule has 0 saturated carbocycles. The molecule has 2 heterocycles. The van der Waals surface area contributed by atoms with Crippen LogP contribution in [0.4, 0.5) is 0 Å². The maximum Gasteiger partial charge on any atom is 0.252 e. The largest absolute Gasteiger partial charge is 0.531 e. The van der Waals surface area contributed by atoms with Gasteiger partial charge in [0.25, 0.3) is 8.32 Å². The third kappa shape index (κ3) is 3.91. The van der Waals surface area contributed by atoms with E-state index in [1.807, 2.05) is 6.07 Å². The van der Waals surface area contributed by atoms with E-state index in [0.717, 1.165) is 35.1 Å². The summed E-state index contributed by atoms with van der Waals surface area (Å²) < 4.78 is 20.7. The molecule has 0 radical (unpaired) electrons. The number of aromatic nitrogens is 1. The third-order valence-corrected chi connectivity index (χ3v) is 11.2. The van der Waals surface area contributed by atoms with Crippen molar-refractivity contribution in [3.8, 4) is 28.5 Å². The van der Waals surface area contributed by atoms with Crippen LogP contribution in [0.25, 0.3) is 22.0 Å². The normalized spacial score (nSPS) is 13.5. The van der Waals surface area contributed by atoms with Crippen LogP contribution in [0.3, 0.4) is 0 Å². The predicted octanol–water partition coefficient (Wildman–Crippen LogP) is 7.47. The Morgan fingerprint density at radius 2 is 1.58 bits per heavy atom. The van der Waals surface area contributed by atoms with Crippen molar-refractivity contribution in [2.45, 2.75) is 45.4 Å². The van der Waals surface area contributed by atoms with Gasteiger partial charge in [0.05, 0.1) is 17.6 Å². The Morgan fingerprint density at radius 3 is 2.33 bits per heavy atom. The highest BCUT2D eigenvalue weighted by molar-refractivity contribution is 6.74. The SMILES string of the molecule is CC(C)(C)[Si](C)(C)Oc1c(-c2ccc3c(c2)OCO3)c2ccccc2n1Cc1ccccc1. The van der Waals surface area contributed by atoms with E-state index in [-0.39, 0.29) is 11.8 Å². The maximum atomic E-state index is 7.09. The Labute approximate surface area is 196 Å². The van der Waals surface area contributed by atoms with Crippen LogP contribution in [-0.2, 0) is 6.54 Å². The molecule has 0 N–H and O–H groups in total. The Morgan fingerprint density at radius 1 is 0.879 bits per heavy atom. The van der Waals surface area contributed by atoms with Gasteiger partial charge < -0.3 is 18.5 Å². The van der Waals surface area contributed by atoms with Crippen molar-refractivity contribution in [3.63, 3.8) is 0 Å². The summed E-state index contributed by atoms with van der Waals surface area (Å²) in [4.78, 5) is 0. The summed E-state index contributed by atoms with van der Waals surface area (Å²) in [5.74, 6) is 2.51. The number of ether oxygens (including phenoxy) is 2. The average Bonchev–Trinajstić information content (AvgIpc) is 3.36. The molecule has 170 valence electrons. The number of hydrogen-bond donors (Lipinski definition) is 0. The maximum absolute atomic E-state index is 7.09. The van der Waals surface area contributed by atoms with E-state index < -0.39 is 8.32 Å². The van der Waals surface area contributed by atoms with E-state index in [0.29, 0.717) is 0 Å². The second-order valence-corrected chi connectivity index (χ2v) is 14.9. The van der Waals surface area contributed by atoms with Gasteiger partial charge in [-0.25, -0.2) is 0 Å². The lowest BCUT2D eigenvalue weighted by atomic mass is 10.0. The van der Waals surface area contributed by atoms with Crippen LogP contribution in [0.5, 0.6) is 17.4 Å². The minimum atomic E-state index is -2.12. The quantitative estimate of drug-likeness (QED) is 0.291. The van der Waals surface area contributed by atoms with Gasteiger partial charge >= 0.3 is 0 Å². The molecule has 4 aromatic rings. The zero-order chi connectivity index (χ0) is 23.2. The number of para-hydroxylation sites is 1. The highest BCUT2D eigenvalue weighted by Gasteiger charge is 2.40. The highest BCUT2D eigenvalue weighted by atomic mass is 28.4. The van der Waals surface area contributed by atoms with Crippen molar-refractivity contribution in [1.82, 2.24) is 4.57 Å². The van der Waals surface area contributed by atoms with Crippen LogP contribution in [0.15, 0.2) is 72.8 Å². The summed E-state index contributed by atoms with van der Waals surface area (Å²) in [6.45, 7) is 12.5. The van der Waals surface area contributed by atoms with Gasteiger partial charge in [0, 0.05) is 5.39 Å². The minimum Gasteiger partial charge on any atom is -0.531 e. The van der Waals surface area contributed by atoms with Crippen LogP contribution in [-0.4, -0.2) is 19.7 Å². The standard InChI is InChI=1S/C28H31NO3Si/c1-28(2,3)33(4,5)32-27-26(21-15-16-24-25(17-21)31-19-30-24)22-13-9-10-14-23(22)29(27)18-20-11-7-6-8-12-20/h6-17H,18-19H2,1-5H3. The van der Waals surface area contributed by atoms with Crippen molar-refractivity contribution in [1.29, 1.82) is 0 Å². The molecule has 1 aliphatic heterocycles. The lowest BCUT2D eigenvalue weighted by Gasteiger charge is -2.37. The van der Waals surface area contributed by atoms with Crippen molar-refractivity contribution in [3.05, 3.63) is 78.4 Å². The Balaban J connectivity index is 1.76. The van der Waals surface area contributed by atoms with Crippen molar-refractivity contribution in [2.75, 3.05) is 6.79 Å². The van der Waals surface area contributed by atoms with Crippen molar-refractivity contribution < 1.29 is 13.9 Å². The van der Waals surface area contributed by atoms with Gasteiger partial charge in [0.15, 0.2) is 17.4 Å². The van der Waals surface area contributed by atoms with Gasteiger partial charge in [0.1, 0.15) is 0 Å². The molecular formula is C28H31NO3Si. The molecular weight excluding hydrogens is 426 g/mol. The summed E-state index contributed by atoms with van der Waals surface area (Å²) >= 11 is 0. The average molecular weight is 458 g/mol. The molecule has 5 rings (SSSR count). The number of fused-ring (bicyclic) bond motifs is 2. The Kier molecular flexibility index (Phi) is 5.24. The smallest absolute Gasteiger partial charge is 0.252 e. The minimum absolute atomic E-state index is 0.0766. The first-order valence-electron chi connectivity index (χ1n) is 11.5. The zero-order valence-corrected chi connectivity index (χ0v) is 21.0. The fourth-order valence-corrected chi connectivity index (χ4v) is 5.04. The van der Waals surface area contributed by atoms with Crippen LogP contribution in [0.2, 0.25) is 18.1 Å². The van der Waals surface area contributed by atoms with E-state index in [1.54, 1.807) is 0 Å². The molecule has 33 heavy (non-hydrogen) atoms. The summed E-state index contributed by atoms with van der Waals surface area (Å²) in [7, 11) is -2.12. The summed E-state index contributed by atoms with van der Waals surface area (Å²) in [5, 5.41) is 1.26. The van der Waals surface area contributed by atoms with Crippen LogP contribution >= 0.6 is 0 Å². The third-order valence-electron chi connectivity index (χ3n) is 6.93. The molecule has 0 atom stereocenters. The predicted molar refractivity (Wildman–Crippen MR) is 137 cm³/mol. The molecule has 0 spiro atoms. The lowest BCUT2D eigenvalue weighted by molar-refractivity contribution is 0.174. The van der Waals surface area contributed by atoms with E-state index in [9.17, 15) is 0 Å². The van der Waals surface area contributed by atoms with Crippen molar-refractivity contribution >= 4 is 19.2 Å². The van der Waals surface area contributed by atoms with E-state index in [1.165, 1.54) is 16.5 Å². The van der Waals surface area contributed by atoms with Gasteiger partial charge in [-0.3, -0.25) is 0 Å². The lowest BCUT2D eigenvalue weighted by Crippen LogP contribution is -2.44. The molecule has 0 saturated heterocycles. The molecule has 1 aliphatic rings. The van der Waals surface area contributed by atoms with Crippen LogP contribution in [0.1, 0.15) is 26.3 Å².